The highest BCUT2D eigenvalue weighted by molar-refractivity contribution is 7.99. The zero-order chi connectivity index (χ0) is 23.8. The van der Waals surface area contributed by atoms with Crippen molar-refractivity contribution < 1.29 is 19.1 Å². The summed E-state index contributed by atoms with van der Waals surface area (Å²) in [5.74, 6) is 1.91. The van der Waals surface area contributed by atoms with Gasteiger partial charge in [-0.3, -0.25) is 14.2 Å². The second kappa shape index (κ2) is 11.3. The molecule has 0 radical (unpaired) electrons. The molecule has 3 rings (SSSR count). The molecule has 0 saturated carbocycles. The minimum atomic E-state index is -0.372. The molecule has 9 heteroatoms. The zero-order valence-electron chi connectivity index (χ0n) is 18.8. The summed E-state index contributed by atoms with van der Waals surface area (Å²) in [4.78, 5) is 24.0. The summed E-state index contributed by atoms with van der Waals surface area (Å²) >= 11 is 1.26. The van der Waals surface area contributed by atoms with Gasteiger partial charge in [0, 0.05) is 17.8 Å². The Morgan fingerprint density at radius 2 is 1.91 bits per heavy atom. The molecule has 172 valence electrons. The van der Waals surface area contributed by atoms with Gasteiger partial charge in [-0.25, -0.2) is 0 Å². The quantitative estimate of drug-likeness (QED) is 0.252. The molecule has 1 unspecified atom stereocenters. The number of allylic oxidation sites excluding steroid dienone is 1. The predicted molar refractivity (Wildman–Crippen MR) is 128 cm³/mol. The molecule has 33 heavy (non-hydrogen) atoms. The van der Waals surface area contributed by atoms with Gasteiger partial charge in [-0.05, 0) is 50.2 Å². The third-order valence-corrected chi connectivity index (χ3v) is 5.65. The van der Waals surface area contributed by atoms with Crippen molar-refractivity contribution >= 4 is 29.1 Å². The Labute approximate surface area is 197 Å². The van der Waals surface area contributed by atoms with Crippen LogP contribution in [0.5, 0.6) is 11.5 Å². The van der Waals surface area contributed by atoms with Crippen molar-refractivity contribution in [2.45, 2.75) is 31.7 Å². The number of Topliss-reactive ketones (excluding diaryl/α,β-unsaturated/α-hetero) is 1. The van der Waals surface area contributed by atoms with Gasteiger partial charge in [0.15, 0.2) is 22.9 Å². The number of nitrogens with one attached hydrogen (secondary N) is 1. The Morgan fingerprint density at radius 3 is 2.58 bits per heavy atom. The lowest BCUT2D eigenvalue weighted by Gasteiger charge is -2.16. The van der Waals surface area contributed by atoms with E-state index in [1.165, 1.54) is 18.7 Å². The molecule has 0 fully saturated rings. The monoisotopic (exact) mass is 466 g/mol. The third-order valence-electron chi connectivity index (χ3n) is 4.68. The Kier molecular flexibility index (Phi) is 8.26. The fraction of sp³-hybridized carbons (Fsp3) is 0.250. The van der Waals surface area contributed by atoms with E-state index in [4.69, 9.17) is 9.47 Å². The fourth-order valence-electron chi connectivity index (χ4n) is 3.06. The van der Waals surface area contributed by atoms with E-state index in [9.17, 15) is 9.59 Å². The molecule has 8 nitrogen and oxygen atoms in total. The van der Waals surface area contributed by atoms with Crippen LogP contribution in [0.25, 0.3) is 0 Å². The number of nitrogens with zero attached hydrogens (tertiary/aromatic N) is 3. The molecule has 0 aliphatic rings. The first-order valence-electron chi connectivity index (χ1n) is 10.3. The second-order valence-electron chi connectivity index (χ2n) is 7.15. The van der Waals surface area contributed by atoms with Gasteiger partial charge in [0.05, 0.1) is 12.9 Å². The number of hydrogen-bond donors (Lipinski definition) is 1. The van der Waals surface area contributed by atoms with E-state index in [1.54, 1.807) is 37.5 Å². The maximum Gasteiger partial charge on any atom is 0.234 e. The van der Waals surface area contributed by atoms with E-state index in [2.05, 4.69) is 22.1 Å². The van der Waals surface area contributed by atoms with Gasteiger partial charge in [0.2, 0.25) is 5.91 Å². The SMILES string of the molecule is C=CCn1c(SCC(=O)Nc2cccc(C(C)=O)c2)nnc1C(C)Oc1ccc(OC)cc1. The van der Waals surface area contributed by atoms with Crippen LogP contribution in [0, 0.1) is 0 Å². The lowest BCUT2D eigenvalue weighted by atomic mass is 10.1. The number of thioether (sulfide) groups is 1. The number of methoxy groups -OCH3 is 1. The van der Waals surface area contributed by atoms with Crippen molar-refractivity contribution in [3.8, 4) is 11.5 Å². The van der Waals surface area contributed by atoms with Crippen molar-refractivity contribution in [1.82, 2.24) is 14.8 Å². The number of amides is 1. The van der Waals surface area contributed by atoms with E-state index in [1.807, 2.05) is 35.8 Å². The summed E-state index contributed by atoms with van der Waals surface area (Å²) in [6, 6.07) is 14.1. The smallest absolute Gasteiger partial charge is 0.234 e. The van der Waals surface area contributed by atoms with E-state index in [-0.39, 0.29) is 23.5 Å². The summed E-state index contributed by atoms with van der Waals surface area (Å²) < 4.78 is 13.0. The van der Waals surface area contributed by atoms with Gasteiger partial charge in [-0.1, -0.05) is 30.0 Å². The van der Waals surface area contributed by atoms with Crippen LogP contribution in [0.1, 0.15) is 36.1 Å². The van der Waals surface area contributed by atoms with Crippen molar-refractivity contribution in [2.75, 3.05) is 18.2 Å². The lowest BCUT2D eigenvalue weighted by molar-refractivity contribution is -0.113. The Bertz CT molecular complexity index is 1130. The number of ether oxygens (including phenoxy) is 2. The molecule has 1 N–H and O–H groups in total. The largest absolute Gasteiger partial charge is 0.497 e. The second-order valence-corrected chi connectivity index (χ2v) is 8.09. The molecule has 1 heterocycles. The first-order valence-corrected chi connectivity index (χ1v) is 11.3. The summed E-state index contributed by atoms with van der Waals surface area (Å²) in [5.41, 5.74) is 1.12. The molecule has 0 spiro atoms. The van der Waals surface area contributed by atoms with Gasteiger partial charge in [-0.15, -0.1) is 16.8 Å². The van der Waals surface area contributed by atoms with Crippen molar-refractivity contribution in [3.63, 3.8) is 0 Å². The maximum atomic E-state index is 12.4. The van der Waals surface area contributed by atoms with Gasteiger partial charge in [-0.2, -0.15) is 0 Å². The first kappa shape index (κ1) is 24.1. The standard InChI is InChI=1S/C24H26N4O4S/c1-5-13-28-23(17(3)32-21-11-9-20(31-4)10-12-21)26-27-24(28)33-15-22(30)25-19-8-6-7-18(14-19)16(2)29/h5-12,14,17H,1,13,15H2,2-4H3,(H,25,30). The molecular formula is C24H26N4O4S. The van der Waals surface area contributed by atoms with Crippen molar-refractivity contribution in [3.05, 3.63) is 72.6 Å². The normalized spacial score (nSPS) is 11.5. The number of aromatic nitrogens is 3. The molecular weight excluding hydrogens is 440 g/mol. The Balaban J connectivity index is 1.65. The minimum absolute atomic E-state index is 0.0588. The first-order chi connectivity index (χ1) is 15.9. The predicted octanol–water partition coefficient (Wildman–Crippen LogP) is 4.55. The fourth-order valence-corrected chi connectivity index (χ4v) is 3.82. The molecule has 0 saturated heterocycles. The highest BCUT2D eigenvalue weighted by Gasteiger charge is 2.20. The third kappa shape index (κ3) is 6.45. The van der Waals surface area contributed by atoms with Crippen LogP contribution < -0.4 is 14.8 Å². The summed E-state index contributed by atoms with van der Waals surface area (Å²) in [6.45, 7) is 7.65. The zero-order valence-corrected chi connectivity index (χ0v) is 19.6. The topological polar surface area (TPSA) is 95.3 Å². The van der Waals surface area contributed by atoms with Crippen LogP contribution >= 0.6 is 11.8 Å². The van der Waals surface area contributed by atoms with Crippen LogP contribution in [-0.2, 0) is 11.3 Å². The molecule has 2 aromatic carbocycles. The Morgan fingerprint density at radius 1 is 1.18 bits per heavy atom. The number of benzene rings is 2. The molecule has 0 bridgehead atoms. The van der Waals surface area contributed by atoms with Crippen molar-refractivity contribution in [1.29, 1.82) is 0 Å². The maximum absolute atomic E-state index is 12.4. The van der Waals surface area contributed by atoms with E-state index in [0.717, 1.165) is 5.75 Å². The van der Waals surface area contributed by atoms with Crippen LogP contribution in [0.3, 0.4) is 0 Å². The highest BCUT2D eigenvalue weighted by Crippen LogP contribution is 2.26. The summed E-state index contributed by atoms with van der Waals surface area (Å²) in [7, 11) is 1.61. The van der Waals surface area contributed by atoms with Gasteiger partial charge < -0.3 is 14.8 Å². The molecule has 3 aromatic rings. The number of carbonyl (C=O) groups is 2. The van der Waals surface area contributed by atoms with Gasteiger partial charge in [0.25, 0.3) is 0 Å². The lowest BCUT2D eigenvalue weighted by Crippen LogP contribution is -2.15. The number of carbonyl (C=O) groups excluding carboxylic acids is 2. The van der Waals surface area contributed by atoms with Crippen LogP contribution in [-0.4, -0.2) is 39.3 Å². The molecule has 0 aliphatic heterocycles. The Hall–Kier alpha value is -3.59. The molecule has 1 aromatic heterocycles. The molecule has 1 amide bonds. The number of hydrogen-bond acceptors (Lipinski definition) is 7. The molecule has 0 aliphatic carbocycles. The summed E-state index contributed by atoms with van der Waals surface area (Å²) in [6.07, 6.45) is 1.37. The number of ketones is 1. The van der Waals surface area contributed by atoms with Crippen LogP contribution in [0.2, 0.25) is 0 Å². The van der Waals surface area contributed by atoms with Gasteiger partial charge in [0.1, 0.15) is 11.5 Å². The van der Waals surface area contributed by atoms with Crippen LogP contribution in [0.4, 0.5) is 5.69 Å². The number of rotatable bonds is 11. The average Bonchev–Trinajstić information content (AvgIpc) is 3.21. The van der Waals surface area contributed by atoms with E-state index < -0.39 is 0 Å². The van der Waals surface area contributed by atoms with Gasteiger partial charge >= 0.3 is 0 Å². The van der Waals surface area contributed by atoms with E-state index in [0.29, 0.717) is 34.5 Å². The van der Waals surface area contributed by atoms with Crippen molar-refractivity contribution in [2.24, 2.45) is 0 Å². The number of anilines is 1. The van der Waals surface area contributed by atoms with Crippen LogP contribution in [0.15, 0.2) is 66.3 Å². The molecule has 1 atom stereocenters. The minimum Gasteiger partial charge on any atom is -0.497 e. The van der Waals surface area contributed by atoms with E-state index >= 15 is 0 Å². The highest BCUT2D eigenvalue weighted by atomic mass is 32.2. The summed E-state index contributed by atoms with van der Waals surface area (Å²) in [5, 5.41) is 11.9. The average molecular weight is 467 g/mol.